The van der Waals surface area contributed by atoms with E-state index < -0.39 is 5.91 Å². The monoisotopic (exact) mass is 422 g/mol. The maximum atomic E-state index is 12.9. The molecule has 0 fully saturated rings. The summed E-state index contributed by atoms with van der Waals surface area (Å²) in [5.74, 6) is 1.59. The van der Waals surface area contributed by atoms with Crippen molar-refractivity contribution in [2.45, 2.75) is 6.42 Å². The molecule has 0 aliphatic rings. The standard InChI is InChI=1S/C21H18N4O4S/c1-3-14-6-4-7-16(10-14)25(12-18(26)22-2)19(27)11-15-13-30-21(23-15)24-20(28)17-8-5-9-29-17/h1,4-10,13H,11-12H2,2H3,(H,22,26)(H,23,24,28). The summed E-state index contributed by atoms with van der Waals surface area (Å²) in [5, 5.41) is 7.14. The number of furan rings is 1. The van der Waals surface area contributed by atoms with Gasteiger partial charge in [-0.15, -0.1) is 17.8 Å². The minimum Gasteiger partial charge on any atom is -0.459 e. The van der Waals surface area contributed by atoms with Crippen LogP contribution >= 0.6 is 11.3 Å². The highest BCUT2D eigenvalue weighted by Crippen LogP contribution is 2.20. The van der Waals surface area contributed by atoms with Gasteiger partial charge in [0.25, 0.3) is 5.91 Å². The van der Waals surface area contributed by atoms with E-state index in [4.69, 9.17) is 10.8 Å². The summed E-state index contributed by atoms with van der Waals surface area (Å²) in [6, 6.07) is 9.97. The number of carbonyl (C=O) groups is 3. The van der Waals surface area contributed by atoms with Crippen LogP contribution in [0.5, 0.6) is 0 Å². The summed E-state index contributed by atoms with van der Waals surface area (Å²) in [6.45, 7) is -0.157. The zero-order valence-corrected chi connectivity index (χ0v) is 16.9. The molecule has 30 heavy (non-hydrogen) atoms. The Kier molecular flexibility index (Phi) is 6.62. The maximum absolute atomic E-state index is 12.9. The lowest BCUT2D eigenvalue weighted by Gasteiger charge is -2.22. The summed E-state index contributed by atoms with van der Waals surface area (Å²) >= 11 is 1.19. The fourth-order valence-electron chi connectivity index (χ4n) is 2.57. The van der Waals surface area contributed by atoms with Gasteiger partial charge >= 0.3 is 0 Å². The van der Waals surface area contributed by atoms with Crippen molar-refractivity contribution in [2.24, 2.45) is 0 Å². The van der Waals surface area contributed by atoms with Gasteiger partial charge in [-0.05, 0) is 30.3 Å². The number of likely N-dealkylation sites (N-methyl/N-ethyl adjacent to an activating group) is 1. The zero-order valence-electron chi connectivity index (χ0n) is 16.0. The van der Waals surface area contributed by atoms with Crippen molar-refractivity contribution in [3.05, 3.63) is 65.1 Å². The lowest BCUT2D eigenvalue weighted by Crippen LogP contribution is -2.40. The number of amides is 3. The summed E-state index contributed by atoms with van der Waals surface area (Å²) in [4.78, 5) is 42.5. The molecule has 0 saturated heterocycles. The Balaban J connectivity index is 1.74. The molecular formula is C21H18N4O4S. The van der Waals surface area contributed by atoms with Crippen LogP contribution in [0.4, 0.5) is 10.8 Å². The van der Waals surface area contributed by atoms with Crippen molar-refractivity contribution in [3.63, 3.8) is 0 Å². The third kappa shape index (κ3) is 5.12. The van der Waals surface area contributed by atoms with Crippen LogP contribution in [0, 0.1) is 12.3 Å². The third-order valence-corrected chi connectivity index (χ3v) is 4.86. The summed E-state index contributed by atoms with van der Waals surface area (Å²) in [6.07, 6.45) is 6.79. The van der Waals surface area contributed by atoms with E-state index in [2.05, 4.69) is 21.5 Å². The molecule has 0 aliphatic carbocycles. The number of hydrogen-bond acceptors (Lipinski definition) is 6. The molecule has 152 valence electrons. The predicted molar refractivity (Wildman–Crippen MR) is 113 cm³/mol. The van der Waals surface area contributed by atoms with Gasteiger partial charge in [0.1, 0.15) is 6.54 Å². The average Bonchev–Trinajstić information content (AvgIpc) is 3.44. The topological polar surface area (TPSA) is 105 Å². The Hall–Kier alpha value is -3.90. The van der Waals surface area contributed by atoms with Crippen molar-refractivity contribution in [3.8, 4) is 12.3 Å². The van der Waals surface area contributed by atoms with Gasteiger partial charge in [-0.3, -0.25) is 19.7 Å². The Labute approximate surface area is 176 Å². The van der Waals surface area contributed by atoms with E-state index in [-0.39, 0.29) is 30.5 Å². The molecule has 0 aliphatic heterocycles. The number of nitrogens with one attached hydrogen (secondary N) is 2. The van der Waals surface area contributed by atoms with E-state index in [0.29, 0.717) is 22.1 Å². The molecule has 9 heteroatoms. The van der Waals surface area contributed by atoms with E-state index in [1.807, 2.05) is 0 Å². The molecule has 3 rings (SSSR count). The van der Waals surface area contributed by atoms with Crippen molar-refractivity contribution in [1.29, 1.82) is 0 Å². The van der Waals surface area contributed by atoms with Gasteiger partial charge in [-0.25, -0.2) is 4.98 Å². The van der Waals surface area contributed by atoms with E-state index in [1.165, 1.54) is 35.6 Å². The molecule has 2 aromatic heterocycles. The average molecular weight is 422 g/mol. The highest BCUT2D eigenvalue weighted by Gasteiger charge is 2.21. The number of rotatable bonds is 7. The predicted octanol–water partition coefficient (Wildman–Crippen LogP) is 2.29. The Morgan fingerprint density at radius 3 is 2.80 bits per heavy atom. The molecule has 3 aromatic rings. The number of benzene rings is 1. The van der Waals surface area contributed by atoms with Crippen LogP contribution in [0.15, 0.2) is 52.5 Å². The highest BCUT2D eigenvalue weighted by molar-refractivity contribution is 7.14. The summed E-state index contributed by atoms with van der Waals surface area (Å²) in [7, 11) is 1.50. The number of thiazole rings is 1. The fraction of sp³-hybridized carbons (Fsp3) is 0.143. The van der Waals surface area contributed by atoms with E-state index in [0.717, 1.165) is 0 Å². The first-order valence-corrected chi connectivity index (χ1v) is 9.75. The first-order chi connectivity index (χ1) is 14.5. The zero-order chi connectivity index (χ0) is 21.5. The van der Waals surface area contributed by atoms with Crippen LogP contribution in [0.3, 0.4) is 0 Å². The number of anilines is 2. The van der Waals surface area contributed by atoms with E-state index >= 15 is 0 Å². The normalized spacial score (nSPS) is 10.1. The number of nitrogens with zero attached hydrogens (tertiary/aromatic N) is 2. The third-order valence-electron chi connectivity index (χ3n) is 4.06. The molecule has 8 nitrogen and oxygen atoms in total. The molecule has 1 aromatic carbocycles. The molecule has 0 atom stereocenters. The highest BCUT2D eigenvalue weighted by atomic mass is 32.1. The van der Waals surface area contributed by atoms with Crippen LogP contribution in [0.25, 0.3) is 0 Å². The van der Waals surface area contributed by atoms with Crippen LogP contribution in [0.2, 0.25) is 0 Å². The van der Waals surface area contributed by atoms with Gasteiger partial charge in [0, 0.05) is 23.7 Å². The molecule has 0 radical (unpaired) electrons. The van der Waals surface area contributed by atoms with Crippen molar-refractivity contribution >= 4 is 39.9 Å². The molecule has 2 heterocycles. The number of carbonyl (C=O) groups excluding carboxylic acids is 3. The van der Waals surface area contributed by atoms with Crippen molar-refractivity contribution in [1.82, 2.24) is 10.3 Å². The summed E-state index contributed by atoms with van der Waals surface area (Å²) in [5.41, 5.74) is 1.58. The number of hydrogen-bond donors (Lipinski definition) is 2. The molecule has 3 amide bonds. The lowest BCUT2D eigenvalue weighted by atomic mass is 10.1. The largest absolute Gasteiger partial charge is 0.459 e. The van der Waals surface area contributed by atoms with Crippen LogP contribution in [-0.2, 0) is 16.0 Å². The molecule has 0 bridgehead atoms. The minimum atomic E-state index is -0.431. The first-order valence-electron chi connectivity index (χ1n) is 8.87. The van der Waals surface area contributed by atoms with Crippen LogP contribution in [0.1, 0.15) is 21.8 Å². The Bertz CT molecular complexity index is 1100. The first kappa shape index (κ1) is 20.8. The van der Waals surface area contributed by atoms with Gasteiger partial charge in [0.2, 0.25) is 11.8 Å². The second-order valence-electron chi connectivity index (χ2n) is 6.10. The van der Waals surface area contributed by atoms with Crippen molar-refractivity contribution in [2.75, 3.05) is 23.8 Å². The van der Waals surface area contributed by atoms with Crippen molar-refractivity contribution < 1.29 is 18.8 Å². The minimum absolute atomic E-state index is 0.0512. The smallest absolute Gasteiger partial charge is 0.293 e. The number of aromatic nitrogens is 1. The molecule has 2 N–H and O–H groups in total. The van der Waals surface area contributed by atoms with E-state index in [9.17, 15) is 14.4 Å². The van der Waals surface area contributed by atoms with Crippen LogP contribution in [-0.4, -0.2) is 36.3 Å². The van der Waals surface area contributed by atoms with Gasteiger partial charge in [0.05, 0.1) is 18.4 Å². The Morgan fingerprint density at radius 2 is 2.10 bits per heavy atom. The fourth-order valence-corrected chi connectivity index (χ4v) is 3.28. The number of terminal acetylenes is 1. The quantitative estimate of drug-likeness (QED) is 0.569. The second-order valence-corrected chi connectivity index (χ2v) is 6.96. The molecular weight excluding hydrogens is 404 g/mol. The molecule has 0 unspecified atom stereocenters. The van der Waals surface area contributed by atoms with Crippen LogP contribution < -0.4 is 15.5 Å². The maximum Gasteiger partial charge on any atom is 0.293 e. The SMILES string of the molecule is C#Cc1cccc(N(CC(=O)NC)C(=O)Cc2csc(NC(=O)c3ccco3)n2)c1. The van der Waals surface area contributed by atoms with Gasteiger partial charge in [0.15, 0.2) is 10.9 Å². The van der Waals surface area contributed by atoms with Gasteiger partial charge in [-0.1, -0.05) is 12.0 Å². The lowest BCUT2D eigenvalue weighted by molar-refractivity contribution is -0.123. The molecule has 0 saturated carbocycles. The van der Waals surface area contributed by atoms with Gasteiger partial charge < -0.3 is 14.6 Å². The summed E-state index contributed by atoms with van der Waals surface area (Å²) < 4.78 is 5.04. The molecule has 0 spiro atoms. The second kappa shape index (κ2) is 9.54. The van der Waals surface area contributed by atoms with E-state index in [1.54, 1.807) is 35.7 Å². The Morgan fingerprint density at radius 1 is 1.27 bits per heavy atom. The van der Waals surface area contributed by atoms with Gasteiger partial charge in [-0.2, -0.15) is 0 Å².